The summed E-state index contributed by atoms with van der Waals surface area (Å²) in [6.45, 7) is 2.73. The Hall–Kier alpha value is -3.80. The average molecular weight is 403 g/mol. The third-order valence-corrected chi connectivity index (χ3v) is 4.73. The van der Waals surface area contributed by atoms with E-state index in [-0.39, 0.29) is 25.1 Å². The van der Waals surface area contributed by atoms with E-state index in [9.17, 15) is 9.59 Å². The molecule has 30 heavy (non-hydrogen) atoms. The maximum Gasteiger partial charge on any atom is 0.252 e. The van der Waals surface area contributed by atoms with E-state index in [0.29, 0.717) is 40.5 Å². The highest BCUT2D eigenvalue weighted by Crippen LogP contribution is 2.35. The highest BCUT2D eigenvalue weighted by molar-refractivity contribution is 6.15. The van der Waals surface area contributed by atoms with Gasteiger partial charge in [-0.05, 0) is 25.1 Å². The summed E-state index contributed by atoms with van der Waals surface area (Å²) < 4.78 is 16.2. The number of amides is 1. The molecule has 0 spiro atoms. The zero-order valence-corrected chi connectivity index (χ0v) is 16.5. The summed E-state index contributed by atoms with van der Waals surface area (Å²) >= 11 is 0. The predicted octanol–water partition coefficient (Wildman–Crippen LogP) is 3.76. The topological polar surface area (TPSA) is 73.9 Å². The standard InChI is InChI=1S/C24H21NO5/c1-16-6-8-17(9-7-16)23(26)19-4-2-3-5-20(19)24(27)25-12-13-28-18-10-11-21-22(14-18)30-15-29-21/h2-11,14H,12-13,15H2,1H3,(H,25,27). The highest BCUT2D eigenvalue weighted by atomic mass is 16.7. The Bertz CT molecular complexity index is 1080. The highest BCUT2D eigenvalue weighted by Gasteiger charge is 2.18. The van der Waals surface area contributed by atoms with Crippen LogP contribution in [0.1, 0.15) is 31.8 Å². The molecule has 3 aromatic carbocycles. The number of rotatable bonds is 7. The zero-order chi connectivity index (χ0) is 20.9. The van der Waals surface area contributed by atoms with Gasteiger partial charge < -0.3 is 19.5 Å². The number of ether oxygens (including phenoxy) is 3. The summed E-state index contributed by atoms with van der Waals surface area (Å²) in [7, 11) is 0. The number of hydrogen-bond acceptors (Lipinski definition) is 5. The van der Waals surface area contributed by atoms with Gasteiger partial charge in [0.2, 0.25) is 6.79 Å². The van der Waals surface area contributed by atoms with Crippen LogP contribution < -0.4 is 19.5 Å². The van der Waals surface area contributed by atoms with Gasteiger partial charge in [0.1, 0.15) is 12.4 Å². The smallest absolute Gasteiger partial charge is 0.252 e. The van der Waals surface area contributed by atoms with E-state index in [1.807, 2.05) is 19.1 Å². The van der Waals surface area contributed by atoms with Crippen molar-refractivity contribution >= 4 is 11.7 Å². The number of fused-ring (bicyclic) bond motifs is 1. The number of hydrogen-bond donors (Lipinski definition) is 1. The summed E-state index contributed by atoms with van der Waals surface area (Å²) in [4.78, 5) is 25.5. The van der Waals surface area contributed by atoms with Crippen LogP contribution in [0.25, 0.3) is 0 Å². The van der Waals surface area contributed by atoms with E-state index >= 15 is 0 Å². The molecule has 1 amide bonds. The fourth-order valence-corrected chi connectivity index (χ4v) is 3.13. The average Bonchev–Trinajstić information content (AvgIpc) is 3.24. The SMILES string of the molecule is Cc1ccc(C(=O)c2ccccc2C(=O)NCCOc2ccc3c(c2)OCO3)cc1. The molecule has 3 aromatic rings. The fraction of sp³-hybridized carbons (Fsp3) is 0.167. The van der Waals surface area contributed by atoms with Crippen LogP contribution in [0.15, 0.2) is 66.7 Å². The van der Waals surface area contributed by atoms with E-state index in [2.05, 4.69) is 5.32 Å². The first-order chi connectivity index (χ1) is 14.6. The molecule has 0 aromatic heterocycles. The molecule has 1 heterocycles. The molecule has 0 saturated heterocycles. The second kappa shape index (κ2) is 8.69. The Morgan fingerprint density at radius 3 is 2.47 bits per heavy atom. The maximum absolute atomic E-state index is 12.9. The molecule has 0 fully saturated rings. The van der Waals surface area contributed by atoms with Crippen LogP contribution >= 0.6 is 0 Å². The number of nitrogens with one attached hydrogen (secondary N) is 1. The zero-order valence-electron chi connectivity index (χ0n) is 16.5. The maximum atomic E-state index is 12.9. The second-order valence-electron chi connectivity index (χ2n) is 6.86. The van der Waals surface area contributed by atoms with Gasteiger partial charge in [-0.15, -0.1) is 0 Å². The number of carbonyl (C=O) groups is 2. The van der Waals surface area contributed by atoms with Crippen molar-refractivity contribution in [2.45, 2.75) is 6.92 Å². The Kier molecular flexibility index (Phi) is 5.66. The normalized spacial score (nSPS) is 11.8. The molecular weight excluding hydrogens is 382 g/mol. The molecular formula is C24H21NO5. The van der Waals surface area contributed by atoms with Gasteiger partial charge in [-0.3, -0.25) is 9.59 Å². The molecule has 4 rings (SSSR count). The largest absolute Gasteiger partial charge is 0.492 e. The fourth-order valence-electron chi connectivity index (χ4n) is 3.13. The monoisotopic (exact) mass is 403 g/mol. The lowest BCUT2D eigenvalue weighted by atomic mass is 9.97. The Morgan fingerprint density at radius 1 is 0.933 bits per heavy atom. The van der Waals surface area contributed by atoms with Gasteiger partial charge >= 0.3 is 0 Å². The molecule has 6 nitrogen and oxygen atoms in total. The molecule has 0 saturated carbocycles. The van der Waals surface area contributed by atoms with Gasteiger partial charge in [0.25, 0.3) is 5.91 Å². The molecule has 0 radical (unpaired) electrons. The van der Waals surface area contributed by atoms with E-state index in [1.165, 1.54) is 0 Å². The van der Waals surface area contributed by atoms with Crippen molar-refractivity contribution in [1.82, 2.24) is 5.32 Å². The van der Waals surface area contributed by atoms with Crippen molar-refractivity contribution < 1.29 is 23.8 Å². The van der Waals surface area contributed by atoms with Crippen LogP contribution in [0.5, 0.6) is 17.2 Å². The van der Waals surface area contributed by atoms with E-state index in [4.69, 9.17) is 14.2 Å². The van der Waals surface area contributed by atoms with Crippen LogP contribution in [-0.4, -0.2) is 31.6 Å². The molecule has 1 aliphatic rings. The third-order valence-electron chi connectivity index (χ3n) is 4.73. The predicted molar refractivity (Wildman–Crippen MR) is 111 cm³/mol. The van der Waals surface area contributed by atoms with Crippen LogP contribution in [0.4, 0.5) is 0 Å². The lowest BCUT2D eigenvalue weighted by molar-refractivity contribution is 0.0936. The molecule has 0 bridgehead atoms. The first kappa shape index (κ1) is 19.5. The van der Waals surface area contributed by atoms with E-state index in [0.717, 1.165) is 5.56 Å². The number of ketones is 1. The van der Waals surface area contributed by atoms with Crippen molar-refractivity contribution in [3.8, 4) is 17.2 Å². The van der Waals surface area contributed by atoms with Crippen LogP contribution in [0, 0.1) is 6.92 Å². The first-order valence-electron chi connectivity index (χ1n) is 9.63. The molecule has 0 atom stereocenters. The number of benzene rings is 3. The molecule has 0 aliphatic carbocycles. The molecule has 152 valence electrons. The summed E-state index contributed by atoms with van der Waals surface area (Å²) in [5.41, 5.74) is 2.33. The summed E-state index contributed by atoms with van der Waals surface area (Å²) in [6.07, 6.45) is 0. The van der Waals surface area contributed by atoms with Gasteiger partial charge in [0.05, 0.1) is 12.1 Å². The van der Waals surface area contributed by atoms with Crippen LogP contribution in [0.2, 0.25) is 0 Å². The number of aryl methyl sites for hydroxylation is 1. The summed E-state index contributed by atoms with van der Waals surface area (Å²) in [5.74, 6) is 1.45. The minimum atomic E-state index is -0.319. The minimum absolute atomic E-state index is 0.183. The lowest BCUT2D eigenvalue weighted by Crippen LogP contribution is -2.29. The van der Waals surface area contributed by atoms with Gasteiger partial charge in [-0.1, -0.05) is 48.0 Å². The van der Waals surface area contributed by atoms with Crippen molar-refractivity contribution in [3.63, 3.8) is 0 Å². The molecule has 1 N–H and O–H groups in total. The van der Waals surface area contributed by atoms with Gasteiger partial charge in [-0.2, -0.15) is 0 Å². The van der Waals surface area contributed by atoms with Gasteiger partial charge in [-0.25, -0.2) is 0 Å². The van der Waals surface area contributed by atoms with Gasteiger partial charge in [0, 0.05) is 17.2 Å². The summed E-state index contributed by atoms with van der Waals surface area (Å²) in [5, 5.41) is 2.81. The summed E-state index contributed by atoms with van der Waals surface area (Å²) in [6, 6.07) is 19.4. The molecule has 0 unspecified atom stereocenters. The van der Waals surface area contributed by atoms with E-state index in [1.54, 1.807) is 54.6 Å². The van der Waals surface area contributed by atoms with Crippen molar-refractivity contribution in [2.24, 2.45) is 0 Å². The first-order valence-corrected chi connectivity index (χ1v) is 9.63. The van der Waals surface area contributed by atoms with Crippen molar-refractivity contribution in [3.05, 3.63) is 89.0 Å². The Morgan fingerprint density at radius 2 is 1.67 bits per heavy atom. The number of carbonyl (C=O) groups excluding carboxylic acids is 2. The van der Waals surface area contributed by atoms with Gasteiger partial charge in [0.15, 0.2) is 17.3 Å². The van der Waals surface area contributed by atoms with Crippen LogP contribution in [-0.2, 0) is 0 Å². The van der Waals surface area contributed by atoms with Crippen molar-refractivity contribution in [1.29, 1.82) is 0 Å². The Balaban J connectivity index is 1.37. The lowest BCUT2D eigenvalue weighted by Gasteiger charge is -2.11. The minimum Gasteiger partial charge on any atom is -0.492 e. The second-order valence-corrected chi connectivity index (χ2v) is 6.86. The van der Waals surface area contributed by atoms with Crippen molar-refractivity contribution in [2.75, 3.05) is 19.9 Å². The van der Waals surface area contributed by atoms with E-state index < -0.39 is 0 Å². The quantitative estimate of drug-likeness (QED) is 0.480. The van der Waals surface area contributed by atoms with Crippen LogP contribution in [0.3, 0.4) is 0 Å². The third kappa shape index (κ3) is 4.27. The molecule has 6 heteroatoms. The molecule has 1 aliphatic heterocycles. The Labute approximate surface area is 174 Å².